The number of rotatable bonds is 8. The third-order valence-electron chi connectivity index (χ3n) is 22.4. The fraction of sp³-hybridized carbons (Fsp3) is 0.664. The van der Waals surface area contributed by atoms with E-state index in [4.69, 9.17) is 54.2 Å². The first-order valence-electron chi connectivity index (χ1n) is 52.6. The van der Waals surface area contributed by atoms with Crippen molar-refractivity contribution in [3.63, 3.8) is 0 Å². The van der Waals surface area contributed by atoms with Gasteiger partial charge < -0.3 is 83.7 Å². The van der Waals surface area contributed by atoms with Gasteiger partial charge in [-0.3, -0.25) is 14.8 Å². The number of carbonyl (C=O) groups is 1. The molecule has 14 rings (SSSR count). The van der Waals surface area contributed by atoms with Gasteiger partial charge in [0, 0.05) is 110 Å². The largest absolute Gasteiger partial charge is 0.493 e. The Morgan fingerprint density at radius 3 is 1.42 bits per heavy atom. The first-order chi connectivity index (χ1) is 67.7. The molecule has 10 aliphatic rings. The van der Waals surface area contributed by atoms with E-state index in [-0.39, 0.29) is 80.6 Å². The number of pyridine rings is 1. The number of hydrogen-bond donors (Lipinski definition) is 8. The molecule has 1 saturated carbocycles. The molecule has 9 fully saturated rings. The van der Waals surface area contributed by atoms with Crippen molar-refractivity contribution in [1.29, 1.82) is 0 Å². The molecular weight excluding hydrogens is 1860 g/mol. The molecule has 21 nitrogen and oxygen atoms in total. The maximum absolute atomic E-state index is 12.2. The molecule has 0 radical (unpaired) electrons. The molecule has 0 spiro atoms. The average molecular weight is 2050 g/mol. The highest BCUT2D eigenvalue weighted by Crippen LogP contribution is 2.38. The maximum atomic E-state index is 12.2. The van der Waals surface area contributed by atoms with Gasteiger partial charge in [-0.25, -0.2) is 4.79 Å². The fourth-order valence-electron chi connectivity index (χ4n) is 14.5. The molecule has 1 aliphatic carbocycles. The molecule has 4 aromatic rings. The Labute approximate surface area is 892 Å². The van der Waals surface area contributed by atoms with Gasteiger partial charge in [0.2, 0.25) is 0 Å². The third kappa shape index (κ3) is 55.0. The molecule has 0 unspecified atom stereocenters. The van der Waals surface area contributed by atoms with Gasteiger partial charge in [0.1, 0.15) is 47.5 Å². The summed E-state index contributed by atoms with van der Waals surface area (Å²) in [5.41, 5.74) is -0.393. The van der Waals surface area contributed by atoms with Crippen molar-refractivity contribution in [3.8, 4) is 112 Å². The van der Waals surface area contributed by atoms with E-state index in [9.17, 15) is 40.5 Å². The van der Waals surface area contributed by atoms with E-state index >= 15 is 0 Å². The molecule has 22 heteroatoms. The summed E-state index contributed by atoms with van der Waals surface area (Å²) in [5, 5.41) is 74.4. The summed E-state index contributed by atoms with van der Waals surface area (Å²) in [6, 6.07) is 25.3. The van der Waals surface area contributed by atoms with Crippen molar-refractivity contribution in [1.82, 2.24) is 20.1 Å². The topological polar surface area (TPSA) is 273 Å². The van der Waals surface area contributed by atoms with E-state index in [2.05, 4.69) is 249 Å². The molecule has 1 aromatic heterocycles. The number of halogens is 1. The predicted molar refractivity (Wildman–Crippen MR) is 595 cm³/mol. The Kier molecular flexibility index (Phi) is 50.5. The Bertz CT molecular complexity index is 5400. The number of fused-ring (bicyclic) bond motifs is 4. The molecule has 8 N–H and O–H groups in total. The number of likely N-dealkylation sites (tertiary alicyclic amines) is 1. The number of hydrogen-bond acceptors (Lipinski definition) is 21. The zero-order valence-electron chi connectivity index (χ0n) is 95.6. The van der Waals surface area contributed by atoms with Gasteiger partial charge >= 0.3 is 5.97 Å². The normalized spacial score (nSPS) is 22.6. The standard InChI is InChI=1S/C19H22O5.C17H19NO.C15H19N.C12H18O4.C11H19NO.C11H19N.C11H18O2.C11H18O.C9H17ClO.C9H14O2/c1-18(2,3)9-10-19(21)12-23-15-14(11-22-16(15)19)24-17(20)13-7-5-4-6-8-13;1-17(2,3)10-4-5-12-19-15-8-9-16-14(13-15)7-6-11-18-16;1-15(2,3)8-6-12-4-5-13-7-9-16-11-14(13)10-12;1-11(2,3)4-5-12(14)7-16-9-8(13)6-15-10(9)12;1-11(2,3)5-4-6-12-7-9-13-10-8-12;1-11(2,3)7-6-10-12-8-4-5-9-12;1-10(2,3)4-5-11(12)6-8-13-9-7-11;1-10(2,3)8-9-11(12)6-4-5-7-11;1-8(2,3)6-7(10)9(4,5)11;1-8(2,3)4-5-9(10)6-11-7-9/h4-8,14-16,21H,11-12H2,1-3H3;6-9,11,13H,5,12H2,1-3H3;4-5,10,16H,7,9,11H2,1-3H3;8-10,13-14H,6-7H2,1-3H3;6-10H2,1-3H3;4-5,8-10H2,1-3H3;12H,6-9H2,1-3H3;12H,4-7H2,1-3H3;6,11H,1-5H3;10H,6-7H2,1-3H3/b;;;;;;;;7-6-;/t14-,15+,16-,19+;;;8-,9+,10-,12+;;;;;;/m0..0....../s1. The molecule has 10 heterocycles. The van der Waals surface area contributed by atoms with Crippen molar-refractivity contribution < 1.29 is 83.2 Å². The molecule has 8 atom stereocenters. The van der Waals surface area contributed by atoms with Gasteiger partial charge in [0.05, 0.1) is 102 Å². The number of allylic oxidation sites excluding steroid dienone is 1. The molecule has 0 amide bonds. The highest BCUT2D eigenvalue weighted by molar-refractivity contribution is 6.30. The minimum atomic E-state index is -1.37. The van der Waals surface area contributed by atoms with E-state index in [0.29, 0.717) is 56.5 Å². The van der Waals surface area contributed by atoms with Crippen molar-refractivity contribution in [2.75, 3.05) is 118 Å². The smallest absolute Gasteiger partial charge is 0.338 e. The van der Waals surface area contributed by atoms with E-state index in [0.717, 1.165) is 113 Å². The second kappa shape index (κ2) is 57.4. The molecule has 147 heavy (non-hydrogen) atoms. The molecular formula is C125H183ClN4O17. The number of nitrogens with zero attached hydrogens (tertiary/aromatic N) is 3. The lowest BCUT2D eigenvalue weighted by Gasteiger charge is -2.31. The summed E-state index contributed by atoms with van der Waals surface area (Å²) in [5.74, 6) is 56.0. The number of ether oxygens (including phenoxy) is 9. The third-order valence-corrected chi connectivity index (χ3v) is 22.9. The number of aliphatic hydroxyl groups is 7. The number of aromatic nitrogens is 1. The number of morpholine rings is 1. The predicted octanol–water partition coefficient (Wildman–Crippen LogP) is 19.6. The average Bonchev–Trinajstić information content (AvgIpc) is 1.61. The molecule has 0 bridgehead atoms. The van der Waals surface area contributed by atoms with Crippen molar-refractivity contribution >= 4 is 28.5 Å². The summed E-state index contributed by atoms with van der Waals surface area (Å²) in [4.78, 5) is 21.2. The van der Waals surface area contributed by atoms with Crippen molar-refractivity contribution in [3.05, 3.63) is 118 Å². The van der Waals surface area contributed by atoms with Crippen LogP contribution >= 0.6 is 11.6 Å². The Morgan fingerprint density at radius 1 is 0.476 bits per heavy atom. The highest BCUT2D eigenvalue weighted by atomic mass is 35.5. The zero-order chi connectivity index (χ0) is 110. The summed E-state index contributed by atoms with van der Waals surface area (Å²) < 4.78 is 48.5. The van der Waals surface area contributed by atoms with Gasteiger partial charge in [0.15, 0.2) is 22.9 Å². The van der Waals surface area contributed by atoms with Crippen LogP contribution in [0.15, 0.2) is 96.2 Å². The van der Waals surface area contributed by atoms with Crippen LogP contribution < -0.4 is 10.1 Å². The van der Waals surface area contributed by atoms with Crippen LogP contribution in [-0.4, -0.2) is 245 Å². The Morgan fingerprint density at radius 2 is 0.939 bits per heavy atom. The second-order valence-electron chi connectivity index (χ2n) is 50.5. The minimum Gasteiger partial charge on any atom is -0.493 e. The lowest BCUT2D eigenvalue weighted by atomic mass is 9.91. The quantitative estimate of drug-likeness (QED) is 0.0463. The number of aliphatic hydroxyl groups excluding tert-OH is 1. The summed E-state index contributed by atoms with van der Waals surface area (Å²) >= 11 is 5.85. The van der Waals surface area contributed by atoms with Crippen molar-refractivity contribution in [2.45, 2.75) is 363 Å². The van der Waals surface area contributed by atoms with Crippen LogP contribution in [0.1, 0.15) is 306 Å². The van der Waals surface area contributed by atoms with Crippen LogP contribution in [0.4, 0.5) is 0 Å². The first kappa shape index (κ1) is 129. The molecule has 8 saturated heterocycles. The number of benzene rings is 3. The van der Waals surface area contributed by atoms with Crippen LogP contribution in [0.25, 0.3) is 10.9 Å². The molecule has 3 aromatic carbocycles. The molecule has 9 aliphatic heterocycles. The van der Waals surface area contributed by atoms with Crippen molar-refractivity contribution in [2.24, 2.45) is 54.1 Å². The minimum absolute atomic E-state index is 0.0122. The van der Waals surface area contributed by atoms with E-state index in [1.165, 1.54) is 37.1 Å². The van der Waals surface area contributed by atoms with Gasteiger partial charge in [-0.2, -0.15) is 0 Å². The highest BCUT2D eigenvalue weighted by Gasteiger charge is 2.58. The van der Waals surface area contributed by atoms with Crippen LogP contribution in [0.2, 0.25) is 0 Å². The van der Waals surface area contributed by atoms with Gasteiger partial charge in [-0.1, -0.05) is 175 Å². The fourth-order valence-corrected chi connectivity index (χ4v) is 14.8. The zero-order valence-corrected chi connectivity index (χ0v) is 96.3. The lowest BCUT2D eigenvalue weighted by Crippen LogP contribution is -2.48. The summed E-state index contributed by atoms with van der Waals surface area (Å²) in [7, 11) is 0. The van der Waals surface area contributed by atoms with Gasteiger partial charge in [-0.05, 0) is 330 Å². The van der Waals surface area contributed by atoms with Gasteiger partial charge in [-0.15, -0.1) is 0 Å². The van der Waals surface area contributed by atoms with Crippen LogP contribution in [0.5, 0.6) is 5.75 Å². The molecule has 812 valence electrons. The summed E-state index contributed by atoms with van der Waals surface area (Å²) in [6.45, 7) is 78.6. The number of esters is 1. The summed E-state index contributed by atoms with van der Waals surface area (Å²) in [6.07, 6.45) is 10.2. The van der Waals surface area contributed by atoms with E-state index in [1.807, 2.05) is 146 Å². The monoisotopic (exact) mass is 2050 g/mol. The van der Waals surface area contributed by atoms with Crippen LogP contribution in [-0.2, 0) is 50.9 Å². The maximum Gasteiger partial charge on any atom is 0.338 e. The Hall–Kier alpha value is -8.27. The Balaban J connectivity index is 0.000000290. The first-order valence-corrected chi connectivity index (χ1v) is 53.0. The number of nitrogens with one attached hydrogen (secondary N) is 1. The van der Waals surface area contributed by atoms with E-state index < -0.39 is 76.2 Å². The van der Waals surface area contributed by atoms with Gasteiger partial charge in [0.25, 0.3) is 0 Å². The van der Waals surface area contributed by atoms with E-state index in [1.54, 1.807) is 44.3 Å². The van der Waals surface area contributed by atoms with Crippen LogP contribution in [0.3, 0.4) is 0 Å². The number of carbonyl (C=O) groups excluding carboxylic acids is 1. The second-order valence-corrected chi connectivity index (χ2v) is 50.9. The lowest BCUT2D eigenvalue weighted by molar-refractivity contribution is -0.141. The van der Waals surface area contributed by atoms with Crippen LogP contribution in [0, 0.1) is 161 Å². The SMILES string of the molecule is CC(C)(C)/C=C(\Cl)C(C)(C)O.CC(C)(C)C#CC1(O)CCCC1.CC(C)(C)C#CC1(O)CCOCC1.CC(C)(C)C#CC1(O)COC1.CC(C)(C)C#CCCOc1ccc2ncccc2c1.CC(C)(C)C#CCN1CCCC1.CC(C)(C)C#CCN1CCOCC1.CC(C)(C)C#C[C@@]1(O)CO[C@@H]2[C@@H](O)CO[C@@H]21.CC(C)(C)C#C[C@@]1(O)CO[C@@H]2[C@@H](OC(=O)c3ccccc3)CO[C@@H]21.CC(C)(C)C#Cc1ccc2c(c1)CNCC2.